The zero-order valence-electron chi connectivity index (χ0n) is 11.5. The number of thioether (sulfide) groups is 1. The summed E-state index contributed by atoms with van der Waals surface area (Å²) in [7, 11) is 2.09. The van der Waals surface area contributed by atoms with Crippen LogP contribution in [0.15, 0.2) is 0 Å². The molecule has 1 amide bonds. The van der Waals surface area contributed by atoms with Crippen molar-refractivity contribution < 1.29 is 4.79 Å². The number of rotatable bonds is 3. The van der Waals surface area contributed by atoms with E-state index in [0.29, 0.717) is 4.99 Å². The van der Waals surface area contributed by atoms with E-state index in [2.05, 4.69) is 17.3 Å². The summed E-state index contributed by atoms with van der Waals surface area (Å²) < 4.78 is 0. The predicted molar refractivity (Wildman–Crippen MR) is 84.5 cm³/mol. The highest BCUT2D eigenvalue weighted by Crippen LogP contribution is 2.28. The monoisotopic (exact) mass is 301 g/mol. The Labute approximate surface area is 124 Å². The third-order valence-corrected chi connectivity index (χ3v) is 5.91. The highest BCUT2D eigenvalue weighted by Gasteiger charge is 2.39. The van der Waals surface area contributed by atoms with E-state index in [1.807, 2.05) is 0 Å². The maximum absolute atomic E-state index is 12.4. The predicted octanol–water partition coefficient (Wildman–Crippen LogP) is 1.14. The Hall–Kier alpha value is -0.330. The molecular weight excluding hydrogens is 278 g/mol. The van der Waals surface area contributed by atoms with Gasteiger partial charge in [-0.25, -0.2) is 0 Å². The summed E-state index contributed by atoms with van der Waals surface area (Å²) in [5, 5.41) is 3.25. The molecule has 0 aromatic rings. The number of hydrogen-bond acceptors (Lipinski definition) is 4. The van der Waals surface area contributed by atoms with Crippen molar-refractivity contribution in [2.45, 2.75) is 42.9 Å². The van der Waals surface area contributed by atoms with Gasteiger partial charge in [0.2, 0.25) is 5.91 Å². The van der Waals surface area contributed by atoms with E-state index in [0.717, 1.165) is 44.5 Å². The first kappa shape index (κ1) is 15.1. The van der Waals surface area contributed by atoms with E-state index in [4.69, 9.17) is 18.0 Å². The minimum absolute atomic E-state index is 0.0830. The van der Waals surface area contributed by atoms with Crippen LogP contribution in [0.4, 0.5) is 0 Å². The van der Waals surface area contributed by atoms with Crippen LogP contribution in [0, 0.1) is 0 Å². The summed E-state index contributed by atoms with van der Waals surface area (Å²) in [6, 6.07) is 0. The zero-order valence-corrected chi connectivity index (χ0v) is 13.1. The van der Waals surface area contributed by atoms with Crippen molar-refractivity contribution in [2.24, 2.45) is 5.73 Å². The van der Waals surface area contributed by atoms with Crippen molar-refractivity contribution in [1.82, 2.24) is 10.2 Å². The lowest BCUT2D eigenvalue weighted by Gasteiger charge is -2.41. The number of carbonyl (C=O) groups is 1. The molecule has 1 atom stereocenters. The topological polar surface area (TPSA) is 58.4 Å². The summed E-state index contributed by atoms with van der Waals surface area (Å²) >= 11 is 6.99. The average molecular weight is 301 g/mol. The number of nitrogens with one attached hydrogen (secondary N) is 1. The molecule has 2 aliphatic rings. The third-order valence-electron chi connectivity index (χ3n) is 4.15. The van der Waals surface area contributed by atoms with Crippen molar-refractivity contribution in [2.75, 3.05) is 25.9 Å². The van der Waals surface area contributed by atoms with Crippen LogP contribution in [0.5, 0.6) is 0 Å². The van der Waals surface area contributed by atoms with E-state index in [1.54, 1.807) is 11.8 Å². The molecule has 3 N–H and O–H groups in total. The Morgan fingerprint density at radius 3 is 2.63 bits per heavy atom. The van der Waals surface area contributed by atoms with Crippen LogP contribution in [0.1, 0.15) is 32.1 Å². The molecule has 108 valence electrons. The summed E-state index contributed by atoms with van der Waals surface area (Å²) in [4.78, 5) is 15.1. The maximum atomic E-state index is 12.4. The lowest BCUT2D eigenvalue weighted by atomic mass is 9.87. The quantitative estimate of drug-likeness (QED) is 0.766. The Balaban J connectivity index is 2.00. The molecule has 0 spiro atoms. The fourth-order valence-corrected chi connectivity index (χ4v) is 4.15. The molecule has 0 saturated carbocycles. The highest BCUT2D eigenvalue weighted by atomic mass is 32.2. The highest BCUT2D eigenvalue weighted by molar-refractivity contribution is 8.00. The fraction of sp³-hybridized carbons (Fsp3) is 0.846. The second kappa shape index (κ2) is 6.41. The van der Waals surface area contributed by atoms with Gasteiger partial charge in [0.05, 0.1) is 15.8 Å². The standard InChI is InChI=1S/C13H23N3OS2/c1-16-7-5-13(6-8-16,12(14)18)15-11(17)10-4-2-3-9-19-10/h10H,2-9H2,1H3,(H2,14,18)(H,15,17). The number of piperidine rings is 1. The first-order valence-electron chi connectivity index (χ1n) is 6.96. The molecule has 2 rings (SSSR count). The molecule has 19 heavy (non-hydrogen) atoms. The van der Waals surface area contributed by atoms with Crippen molar-refractivity contribution >= 4 is 34.9 Å². The normalized spacial score (nSPS) is 27.7. The Morgan fingerprint density at radius 1 is 1.42 bits per heavy atom. The van der Waals surface area contributed by atoms with Crippen LogP contribution in [0.25, 0.3) is 0 Å². The van der Waals surface area contributed by atoms with Gasteiger partial charge in [-0.1, -0.05) is 18.6 Å². The van der Waals surface area contributed by atoms with E-state index < -0.39 is 5.54 Å². The Morgan fingerprint density at radius 2 is 2.11 bits per heavy atom. The first-order chi connectivity index (χ1) is 9.03. The van der Waals surface area contributed by atoms with Gasteiger partial charge in [0.1, 0.15) is 0 Å². The Bertz CT molecular complexity index is 348. The van der Waals surface area contributed by atoms with Crippen LogP contribution in [-0.2, 0) is 4.79 Å². The van der Waals surface area contributed by atoms with Gasteiger partial charge in [-0.2, -0.15) is 0 Å². The van der Waals surface area contributed by atoms with Crippen molar-refractivity contribution in [3.8, 4) is 0 Å². The van der Waals surface area contributed by atoms with Crippen molar-refractivity contribution in [3.05, 3.63) is 0 Å². The molecule has 0 aromatic heterocycles. The zero-order chi connectivity index (χ0) is 13.9. The van der Waals surface area contributed by atoms with E-state index in [-0.39, 0.29) is 11.2 Å². The third kappa shape index (κ3) is 3.61. The first-order valence-corrected chi connectivity index (χ1v) is 8.41. The smallest absolute Gasteiger partial charge is 0.233 e. The van der Waals surface area contributed by atoms with Gasteiger partial charge in [-0.15, -0.1) is 11.8 Å². The number of likely N-dealkylation sites (tertiary alicyclic amines) is 1. The number of amides is 1. The van der Waals surface area contributed by atoms with Gasteiger partial charge < -0.3 is 16.0 Å². The molecule has 2 saturated heterocycles. The van der Waals surface area contributed by atoms with Gasteiger partial charge in [0, 0.05) is 13.1 Å². The molecular formula is C13H23N3OS2. The van der Waals surface area contributed by atoms with Gasteiger partial charge in [0.25, 0.3) is 0 Å². The molecule has 0 radical (unpaired) electrons. The second-order valence-corrected chi connectivity index (χ2v) is 7.34. The molecule has 2 fully saturated rings. The van der Waals surface area contributed by atoms with E-state index >= 15 is 0 Å². The molecule has 6 heteroatoms. The van der Waals surface area contributed by atoms with Crippen LogP contribution >= 0.6 is 24.0 Å². The molecule has 1 unspecified atom stereocenters. The Kier molecular flexibility index (Phi) is 5.09. The summed E-state index contributed by atoms with van der Waals surface area (Å²) in [5.41, 5.74) is 5.46. The van der Waals surface area contributed by atoms with Crippen LogP contribution < -0.4 is 11.1 Å². The minimum atomic E-state index is -0.461. The van der Waals surface area contributed by atoms with Crippen molar-refractivity contribution in [3.63, 3.8) is 0 Å². The number of nitrogens with zero attached hydrogens (tertiary/aromatic N) is 1. The summed E-state index contributed by atoms with van der Waals surface area (Å²) in [5.74, 6) is 1.21. The summed E-state index contributed by atoms with van der Waals surface area (Å²) in [6.07, 6.45) is 4.99. The van der Waals surface area contributed by atoms with Gasteiger partial charge in [-0.3, -0.25) is 4.79 Å². The molecule has 0 aliphatic carbocycles. The van der Waals surface area contributed by atoms with Crippen molar-refractivity contribution in [1.29, 1.82) is 0 Å². The SMILES string of the molecule is CN1CCC(NC(=O)C2CCCCS2)(C(N)=S)CC1. The van der Waals surface area contributed by atoms with E-state index in [9.17, 15) is 4.79 Å². The maximum Gasteiger partial charge on any atom is 0.233 e. The second-order valence-electron chi connectivity index (χ2n) is 5.59. The number of carbonyl (C=O) groups excluding carboxylic acids is 1. The van der Waals surface area contributed by atoms with Crippen LogP contribution in [0.2, 0.25) is 0 Å². The van der Waals surface area contributed by atoms with Gasteiger partial charge in [0.15, 0.2) is 0 Å². The molecule has 0 bridgehead atoms. The number of thiocarbonyl (C=S) groups is 1. The summed E-state index contributed by atoms with van der Waals surface area (Å²) in [6.45, 7) is 1.85. The molecule has 2 heterocycles. The van der Waals surface area contributed by atoms with Gasteiger partial charge >= 0.3 is 0 Å². The average Bonchev–Trinajstić information content (AvgIpc) is 2.42. The fourth-order valence-electron chi connectivity index (χ4n) is 2.70. The lowest BCUT2D eigenvalue weighted by Crippen LogP contribution is -2.62. The van der Waals surface area contributed by atoms with E-state index in [1.165, 1.54) is 6.42 Å². The number of nitrogens with two attached hydrogens (primary N) is 1. The van der Waals surface area contributed by atoms with Crippen LogP contribution in [0.3, 0.4) is 0 Å². The molecule has 0 aromatic carbocycles. The molecule has 4 nitrogen and oxygen atoms in total. The minimum Gasteiger partial charge on any atom is -0.391 e. The van der Waals surface area contributed by atoms with Crippen LogP contribution in [-0.4, -0.2) is 52.5 Å². The number of hydrogen-bond donors (Lipinski definition) is 2. The lowest BCUT2D eigenvalue weighted by molar-refractivity contribution is -0.122. The largest absolute Gasteiger partial charge is 0.391 e. The molecule has 2 aliphatic heterocycles. The van der Waals surface area contributed by atoms with Gasteiger partial charge in [-0.05, 0) is 38.5 Å².